The lowest BCUT2D eigenvalue weighted by Crippen LogP contribution is -2.22. The Balaban J connectivity index is 3.39. The minimum Gasteiger partial charge on any atom is -0.504 e. The predicted octanol–water partition coefficient (Wildman–Crippen LogP) is 1.10. The molecule has 0 aromatic heterocycles. The van der Waals surface area contributed by atoms with Crippen molar-refractivity contribution in [2.45, 2.75) is 19.9 Å². The molecule has 0 bridgehead atoms. The van der Waals surface area contributed by atoms with Crippen LogP contribution in [0.4, 0.5) is 0 Å². The summed E-state index contributed by atoms with van der Waals surface area (Å²) < 4.78 is 5.01. The zero-order chi connectivity index (χ0) is 12.5. The van der Waals surface area contributed by atoms with E-state index in [2.05, 4.69) is 0 Å². The smallest absolute Gasteiger partial charge is 0.325 e. The third kappa shape index (κ3) is 1.94. The fraction of sp³-hybridized carbons (Fsp3) is 0.364. The number of ether oxygens (including phenoxy) is 1. The number of phenolic OH excluding ortho intramolecular Hbond substituents is 1. The number of nitrogens with two attached hydrogens (primary N) is 1. The SMILES string of the molecule is COc1c(O)cc(C(N)C(=O)O)c(C)c1C. The zero-order valence-electron chi connectivity index (χ0n) is 9.44. The summed E-state index contributed by atoms with van der Waals surface area (Å²) in [5.41, 5.74) is 7.31. The summed E-state index contributed by atoms with van der Waals surface area (Å²) >= 11 is 0. The van der Waals surface area contributed by atoms with Gasteiger partial charge >= 0.3 is 5.97 Å². The molecule has 4 N–H and O–H groups in total. The molecular weight excluding hydrogens is 210 g/mol. The lowest BCUT2D eigenvalue weighted by molar-refractivity contribution is -0.138. The van der Waals surface area contributed by atoms with Crippen molar-refractivity contribution in [3.8, 4) is 11.5 Å². The van der Waals surface area contributed by atoms with Gasteiger partial charge in [-0.1, -0.05) is 0 Å². The molecule has 0 radical (unpaired) electrons. The van der Waals surface area contributed by atoms with Crippen molar-refractivity contribution in [2.24, 2.45) is 5.73 Å². The molecule has 1 rings (SSSR count). The van der Waals surface area contributed by atoms with Crippen LogP contribution in [-0.4, -0.2) is 23.3 Å². The topological polar surface area (TPSA) is 92.8 Å². The first kappa shape index (κ1) is 12.3. The van der Waals surface area contributed by atoms with Gasteiger partial charge in [-0.3, -0.25) is 4.79 Å². The van der Waals surface area contributed by atoms with Gasteiger partial charge in [-0.2, -0.15) is 0 Å². The molecule has 16 heavy (non-hydrogen) atoms. The molecule has 0 aliphatic rings. The number of carbonyl (C=O) groups is 1. The quantitative estimate of drug-likeness (QED) is 0.716. The first-order valence-electron chi connectivity index (χ1n) is 4.75. The second-order valence-corrected chi connectivity index (χ2v) is 3.58. The monoisotopic (exact) mass is 225 g/mol. The Morgan fingerprint density at radius 1 is 1.44 bits per heavy atom. The van der Waals surface area contributed by atoms with Gasteiger partial charge in [0.1, 0.15) is 6.04 Å². The van der Waals surface area contributed by atoms with E-state index in [-0.39, 0.29) is 5.75 Å². The summed E-state index contributed by atoms with van der Waals surface area (Å²) in [5, 5.41) is 18.5. The van der Waals surface area contributed by atoms with Crippen molar-refractivity contribution >= 4 is 5.97 Å². The van der Waals surface area contributed by atoms with E-state index in [0.717, 1.165) is 0 Å². The third-order valence-corrected chi connectivity index (χ3v) is 2.67. The van der Waals surface area contributed by atoms with Crippen LogP contribution in [0.1, 0.15) is 22.7 Å². The molecule has 1 unspecified atom stereocenters. The average Bonchev–Trinajstić information content (AvgIpc) is 2.23. The Morgan fingerprint density at radius 2 is 2.00 bits per heavy atom. The number of phenols is 1. The van der Waals surface area contributed by atoms with E-state index in [1.807, 2.05) is 0 Å². The van der Waals surface area contributed by atoms with Crippen LogP contribution in [0.3, 0.4) is 0 Å². The highest BCUT2D eigenvalue weighted by Gasteiger charge is 2.21. The summed E-state index contributed by atoms with van der Waals surface area (Å²) in [7, 11) is 1.44. The molecule has 1 aromatic carbocycles. The Labute approximate surface area is 93.5 Å². The third-order valence-electron chi connectivity index (χ3n) is 2.67. The van der Waals surface area contributed by atoms with E-state index in [4.69, 9.17) is 15.6 Å². The molecule has 0 saturated heterocycles. The van der Waals surface area contributed by atoms with Crippen LogP contribution in [0.15, 0.2) is 6.07 Å². The molecule has 0 heterocycles. The minimum absolute atomic E-state index is 0.0997. The van der Waals surface area contributed by atoms with Crippen molar-refractivity contribution in [1.29, 1.82) is 0 Å². The van der Waals surface area contributed by atoms with Crippen molar-refractivity contribution in [3.05, 3.63) is 22.8 Å². The molecule has 0 spiro atoms. The van der Waals surface area contributed by atoms with Crippen LogP contribution in [0, 0.1) is 13.8 Å². The molecule has 1 atom stereocenters. The highest BCUT2D eigenvalue weighted by atomic mass is 16.5. The van der Waals surface area contributed by atoms with Gasteiger partial charge in [-0.25, -0.2) is 0 Å². The molecule has 0 aliphatic heterocycles. The van der Waals surface area contributed by atoms with Crippen LogP contribution >= 0.6 is 0 Å². The van der Waals surface area contributed by atoms with E-state index in [9.17, 15) is 9.90 Å². The molecule has 5 heteroatoms. The number of aliphatic carboxylic acids is 1. The molecule has 0 aliphatic carbocycles. The molecule has 0 amide bonds. The highest BCUT2D eigenvalue weighted by Crippen LogP contribution is 2.35. The molecule has 0 fully saturated rings. The Hall–Kier alpha value is -1.75. The normalized spacial score (nSPS) is 12.2. The molecule has 88 valence electrons. The van der Waals surface area contributed by atoms with Crippen LogP contribution in [0.5, 0.6) is 11.5 Å². The van der Waals surface area contributed by atoms with Gasteiger partial charge < -0.3 is 20.7 Å². The number of methoxy groups -OCH3 is 1. The maximum absolute atomic E-state index is 10.8. The summed E-state index contributed by atoms with van der Waals surface area (Å²) in [4.78, 5) is 10.8. The number of rotatable bonds is 3. The lowest BCUT2D eigenvalue weighted by atomic mass is 9.96. The van der Waals surface area contributed by atoms with Gasteiger partial charge in [0.15, 0.2) is 11.5 Å². The number of carboxylic acids is 1. The van der Waals surface area contributed by atoms with E-state index < -0.39 is 12.0 Å². The van der Waals surface area contributed by atoms with Gasteiger partial charge in [-0.15, -0.1) is 0 Å². The first-order chi connectivity index (χ1) is 7.40. The van der Waals surface area contributed by atoms with E-state index >= 15 is 0 Å². The van der Waals surface area contributed by atoms with E-state index in [0.29, 0.717) is 22.4 Å². The van der Waals surface area contributed by atoms with Crippen molar-refractivity contribution in [2.75, 3.05) is 7.11 Å². The standard InChI is InChI=1S/C11H15NO4/c1-5-6(2)10(16-3)8(13)4-7(5)9(12)11(14)15/h4,9,13H,12H2,1-3H3,(H,14,15). The lowest BCUT2D eigenvalue weighted by Gasteiger charge is -2.16. The maximum Gasteiger partial charge on any atom is 0.325 e. The molecule has 1 aromatic rings. The molecule has 5 nitrogen and oxygen atoms in total. The minimum atomic E-state index is -1.14. The number of hydrogen-bond acceptors (Lipinski definition) is 4. The highest BCUT2D eigenvalue weighted by molar-refractivity contribution is 5.76. The van der Waals surface area contributed by atoms with Gasteiger partial charge in [0, 0.05) is 0 Å². The van der Waals surface area contributed by atoms with E-state index in [1.54, 1.807) is 13.8 Å². The van der Waals surface area contributed by atoms with Crippen LogP contribution < -0.4 is 10.5 Å². The van der Waals surface area contributed by atoms with Crippen molar-refractivity contribution in [1.82, 2.24) is 0 Å². The van der Waals surface area contributed by atoms with Crippen LogP contribution in [-0.2, 0) is 4.79 Å². The fourth-order valence-electron chi connectivity index (χ4n) is 1.61. The number of carboxylic acid groups (broad SMARTS) is 1. The van der Waals surface area contributed by atoms with Crippen molar-refractivity contribution in [3.63, 3.8) is 0 Å². The van der Waals surface area contributed by atoms with Crippen LogP contribution in [0.25, 0.3) is 0 Å². The first-order valence-corrected chi connectivity index (χ1v) is 4.75. The maximum atomic E-state index is 10.8. The molecular formula is C11H15NO4. The summed E-state index contributed by atoms with van der Waals surface area (Å²) in [6.45, 7) is 3.49. The van der Waals surface area contributed by atoms with Gasteiger partial charge in [0.25, 0.3) is 0 Å². The van der Waals surface area contributed by atoms with Gasteiger partial charge in [0.2, 0.25) is 0 Å². The summed E-state index contributed by atoms with van der Waals surface area (Å²) in [6, 6.07) is 0.190. The number of hydrogen-bond donors (Lipinski definition) is 3. The van der Waals surface area contributed by atoms with Gasteiger partial charge in [0.05, 0.1) is 7.11 Å². The largest absolute Gasteiger partial charge is 0.504 e. The van der Waals surface area contributed by atoms with Gasteiger partial charge in [-0.05, 0) is 36.6 Å². The summed E-state index contributed by atoms with van der Waals surface area (Å²) in [5.74, 6) is -0.886. The fourth-order valence-corrected chi connectivity index (χ4v) is 1.61. The number of aromatic hydroxyl groups is 1. The Kier molecular flexibility index (Phi) is 3.39. The van der Waals surface area contributed by atoms with E-state index in [1.165, 1.54) is 13.2 Å². The van der Waals surface area contributed by atoms with Crippen molar-refractivity contribution < 1.29 is 19.7 Å². The van der Waals surface area contributed by atoms with Crippen LogP contribution in [0.2, 0.25) is 0 Å². The molecule has 0 saturated carbocycles. The Bertz CT molecular complexity index is 428. The average molecular weight is 225 g/mol. The summed E-state index contributed by atoms with van der Waals surface area (Å²) in [6.07, 6.45) is 0. The second kappa shape index (κ2) is 4.40. The second-order valence-electron chi connectivity index (χ2n) is 3.58. The number of benzene rings is 1. The Morgan fingerprint density at radius 3 is 2.44 bits per heavy atom. The zero-order valence-corrected chi connectivity index (χ0v) is 9.44. The predicted molar refractivity (Wildman–Crippen MR) is 58.7 cm³/mol.